The molecule has 0 bridgehead atoms. The minimum Gasteiger partial charge on any atom is -0.460 e. The molecular formula is C12H10FN3O. The largest absolute Gasteiger partial charge is 0.460 e. The summed E-state index contributed by atoms with van der Waals surface area (Å²) < 4.78 is 19.8. The van der Waals surface area contributed by atoms with Crippen LogP contribution in [0.3, 0.4) is 0 Å². The summed E-state index contributed by atoms with van der Waals surface area (Å²) in [5.74, 6) is 1.45. The Morgan fingerprint density at radius 1 is 1.41 bits per heavy atom. The highest BCUT2D eigenvalue weighted by atomic mass is 19.1. The van der Waals surface area contributed by atoms with Crippen molar-refractivity contribution < 1.29 is 8.81 Å². The van der Waals surface area contributed by atoms with E-state index >= 15 is 0 Å². The molecule has 3 rings (SSSR count). The van der Waals surface area contributed by atoms with Gasteiger partial charge in [0.2, 0.25) is 0 Å². The van der Waals surface area contributed by atoms with Gasteiger partial charge in [0.05, 0.1) is 5.69 Å². The van der Waals surface area contributed by atoms with Crippen molar-refractivity contribution in [1.29, 1.82) is 0 Å². The zero-order valence-electron chi connectivity index (χ0n) is 9.22. The summed E-state index contributed by atoms with van der Waals surface area (Å²) in [5, 5.41) is 0. The molecule has 3 heterocycles. The summed E-state index contributed by atoms with van der Waals surface area (Å²) in [5.41, 5.74) is 1.62. The summed E-state index contributed by atoms with van der Waals surface area (Å²) in [4.78, 5) is 8.42. The Bertz CT molecular complexity index is 671. The third-order valence-electron chi connectivity index (χ3n) is 2.54. The summed E-state index contributed by atoms with van der Waals surface area (Å²) in [7, 11) is 0. The van der Waals surface area contributed by atoms with Crippen molar-refractivity contribution in [2.75, 3.05) is 0 Å². The van der Waals surface area contributed by atoms with E-state index in [2.05, 4.69) is 9.97 Å². The van der Waals surface area contributed by atoms with Gasteiger partial charge in [-0.1, -0.05) is 0 Å². The fraction of sp³-hybridized carbons (Fsp3) is 0.167. The number of halogens is 1. The van der Waals surface area contributed by atoms with Crippen LogP contribution in [0.2, 0.25) is 0 Å². The van der Waals surface area contributed by atoms with Crippen molar-refractivity contribution in [2.45, 2.75) is 13.6 Å². The van der Waals surface area contributed by atoms with Crippen LogP contribution in [0.5, 0.6) is 0 Å². The average molecular weight is 231 g/mol. The van der Waals surface area contributed by atoms with Gasteiger partial charge in [-0.25, -0.2) is 14.4 Å². The number of hydrogen-bond acceptors (Lipinski definition) is 3. The standard InChI is InChI=1S/C12H10FN3O/c1-8-2-3-10(17-8)11-12-15-9(6-13)7-16(12)5-4-14-11/h2-5,7H,6H2,1H3. The maximum absolute atomic E-state index is 12.6. The first-order chi connectivity index (χ1) is 8.28. The predicted octanol–water partition coefficient (Wildman–Crippen LogP) is 2.77. The van der Waals surface area contributed by atoms with Gasteiger partial charge in [0.15, 0.2) is 11.4 Å². The molecule has 0 aliphatic rings. The average Bonchev–Trinajstić information content (AvgIpc) is 2.93. The van der Waals surface area contributed by atoms with Crippen LogP contribution in [-0.2, 0) is 6.67 Å². The van der Waals surface area contributed by atoms with Crippen molar-refractivity contribution in [2.24, 2.45) is 0 Å². The van der Waals surface area contributed by atoms with Crippen molar-refractivity contribution in [3.8, 4) is 11.5 Å². The predicted molar refractivity (Wildman–Crippen MR) is 60.2 cm³/mol. The third-order valence-corrected chi connectivity index (χ3v) is 2.54. The second-order valence-electron chi connectivity index (χ2n) is 3.78. The second kappa shape index (κ2) is 3.69. The van der Waals surface area contributed by atoms with Crippen molar-refractivity contribution in [3.05, 3.63) is 42.2 Å². The molecule has 0 spiro atoms. The molecule has 0 fully saturated rings. The van der Waals surface area contributed by atoms with E-state index in [1.165, 1.54) is 0 Å². The lowest BCUT2D eigenvalue weighted by molar-refractivity contribution is 0.477. The smallest absolute Gasteiger partial charge is 0.167 e. The number of fused-ring (bicyclic) bond motifs is 1. The highest BCUT2D eigenvalue weighted by Crippen LogP contribution is 2.23. The van der Waals surface area contributed by atoms with E-state index in [0.29, 0.717) is 22.8 Å². The zero-order valence-corrected chi connectivity index (χ0v) is 9.22. The van der Waals surface area contributed by atoms with Gasteiger partial charge in [-0.05, 0) is 19.1 Å². The number of aromatic nitrogens is 3. The minimum atomic E-state index is -0.585. The number of furan rings is 1. The highest BCUT2D eigenvalue weighted by Gasteiger charge is 2.12. The molecular weight excluding hydrogens is 221 g/mol. The maximum atomic E-state index is 12.6. The van der Waals surface area contributed by atoms with Gasteiger partial charge in [0.1, 0.15) is 18.1 Å². The normalized spacial score (nSPS) is 11.2. The van der Waals surface area contributed by atoms with E-state index < -0.39 is 6.67 Å². The molecule has 3 aromatic heterocycles. The van der Waals surface area contributed by atoms with Gasteiger partial charge in [-0.15, -0.1) is 0 Å². The molecule has 0 saturated carbocycles. The van der Waals surface area contributed by atoms with Gasteiger partial charge in [-0.3, -0.25) is 0 Å². The number of alkyl halides is 1. The molecule has 86 valence electrons. The van der Waals surface area contributed by atoms with Crippen molar-refractivity contribution >= 4 is 5.65 Å². The SMILES string of the molecule is Cc1ccc(-c2nccn3cc(CF)nc23)o1. The Labute approximate surface area is 96.7 Å². The third kappa shape index (κ3) is 1.60. The van der Waals surface area contributed by atoms with Crippen LogP contribution in [0, 0.1) is 6.92 Å². The van der Waals surface area contributed by atoms with E-state index in [4.69, 9.17) is 4.42 Å². The van der Waals surface area contributed by atoms with E-state index in [0.717, 1.165) is 5.76 Å². The van der Waals surface area contributed by atoms with Crippen LogP contribution >= 0.6 is 0 Å². The zero-order chi connectivity index (χ0) is 11.8. The number of hydrogen-bond donors (Lipinski definition) is 0. The number of nitrogens with zero attached hydrogens (tertiary/aromatic N) is 3. The first-order valence-electron chi connectivity index (χ1n) is 5.23. The van der Waals surface area contributed by atoms with Crippen LogP contribution < -0.4 is 0 Å². The molecule has 0 amide bonds. The molecule has 0 atom stereocenters. The molecule has 0 unspecified atom stereocenters. The molecule has 0 aliphatic carbocycles. The fourth-order valence-electron chi connectivity index (χ4n) is 1.77. The molecule has 3 aromatic rings. The Morgan fingerprint density at radius 3 is 3.00 bits per heavy atom. The van der Waals surface area contributed by atoms with Crippen LogP contribution in [0.25, 0.3) is 17.1 Å². The number of rotatable bonds is 2. The number of imidazole rings is 1. The fourth-order valence-corrected chi connectivity index (χ4v) is 1.77. The lowest BCUT2D eigenvalue weighted by atomic mass is 10.3. The topological polar surface area (TPSA) is 43.3 Å². The molecule has 0 aromatic carbocycles. The van der Waals surface area contributed by atoms with Crippen LogP contribution in [0.15, 0.2) is 35.1 Å². The van der Waals surface area contributed by atoms with Crippen LogP contribution in [0.1, 0.15) is 11.5 Å². The Kier molecular flexibility index (Phi) is 2.18. The summed E-state index contributed by atoms with van der Waals surface area (Å²) in [6.45, 7) is 1.28. The van der Waals surface area contributed by atoms with Gasteiger partial charge < -0.3 is 8.82 Å². The molecule has 17 heavy (non-hydrogen) atoms. The van der Waals surface area contributed by atoms with Crippen LogP contribution in [-0.4, -0.2) is 14.4 Å². The lowest BCUT2D eigenvalue weighted by Crippen LogP contribution is -1.89. The monoisotopic (exact) mass is 231 g/mol. The molecule has 0 saturated heterocycles. The first-order valence-corrected chi connectivity index (χ1v) is 5.23. The van der Waals surface area contributed by atoms with Crippen molar-refractivity contribution in [1.82, 2.24) is 14.4 Å². The molecule has 0 radical (unpaired) electrons. The molecule has 0 aliphatic heterocycles. The number of aryl methyl sites for hydroxylation is 1. The minimum absolute atomic E-state index is 0.391. The first kappa shape index (κ1) is 10.0. The summed E-state index contributed by atoms with van der Waals surface area (Å²) in [6.07, 6.45) is 5.03. The Balaban J connectivity index is 2.25. The summed E-state index contributed by atoms with van der Waals surface area (Å²) in [6, 6.07) is 3.70. The highest BCUT2D eigenvalue weighted by molar-refractivity contribution is 5.70. The van der Waals surface area contributed by atoms with Crippen LogP contribution in [0.4, 0.5) is 4.39 Å². The van der Waals surface area contributed by atoms with E-state index in [1.54, 1.807) is 23.0 Å². The quantitative estimate of drug-likeness (QED) is 0.681. The van der Waals surface area contributed by atoms with Gasteiger partial charge >= 0.3 is 0 Å². The molecule has 5 heteroatoms. The van der Waals surface area contributed by atoms with Gasteiger partial charge in [0.25, 0.3) is 0 Å². The Hall–Kier alpha value is -2.17. The van der Waals surface area contributed by atoms with E-state index in [9.17, 15) is 4.39 Å². The van der Waals surface area contributed by atoms with Gasteiger partial charge in [0, 0.05) is 18.6 Å². The van der Waals surface area contributed by atoms with E-state index in [1.807, 2.05) is 19.1 Å². The van der Waals surface area contributed by atoms with Gasteiger partial charge in [-0.2, -0.15) is 0 Å². The van der Waals surface area contributed by atoms with E-state index in [-0.39, 0.29) is 0 Å². The molecule has 0 N–H and O–H groups in total. The summed E-state index contributed by atoms with van der Waals surface area (Å²) >= 11 is 0. The maximum Gasteiger partial charge on any atom is 0.167 e. The second-order valence-corrected chi connectivity index (χ2v) is 3.78. The molecule has 4 nitrogen and oxygen atoms in total. The Morgan fingerprint density at radius 2 is 2.29 bits per heavy atom. The van der Waals surface area contributed by atoms with Crippen molar-refractivity contribution in [3.63, 3.8) is 0 Å². The lowest BCUT2D eigenvalue weighted by Gasteiger charge is -1.98.